The van der Waals surface area contributed by atoms with Crippen LogP contribution in [0.3, 0.4) is 0 Å². The van der Waals surface area contributed by atoms with E-state index in [2.05, 4.69) is 5.32 Å². The van der Waals surface area contributed by atoms with Gasteiger partial charge in [0, 0.05) is 31.4 Å². The van der Waals surface area contributed by atoms with Crippen LogP contribution >= 0.6 is 0 Å². The monoisotopic (exact) mass is 267 g/mol. The van der Waals surface area contributed by atoms with E-state index in [-0.39, 0.29) is 24.6 Å². The molecule has 0 saturated heterocycles. The largest absolute Gasteiger partial charge is 0.464 e. The maximum Gasteiger partial charge on any atom is 0.326 e. The van der Waals surface area contributed by atoms with Crippen molar-refractivity contribution in [3.63, 3.8) is 0 Å². The summed E-state index contributed by atoms with van der Waals surface area (Å²) in [5, 5.41) is 2.47. The first kappa shape index (κ1) is 14.7. The number of hydrogen-bond acceptors (Lipinski definition) is 5. The van der Waals surface area contributed by atoms with E-state index in [4.69, 9.17) is 10.5 Å². The van der Waals surface area contributed by atoms with Crippen LogP contribution in [0.4, 0.5) is 5.69 Å². The maximum absolute atomic E-state index is 11.5. The first-order valence-electron chi connectivity index (χ1n) is 5.85. The SMILES string of the molecule is CNC(=O)CCCOC(=O)Cn1cc(N)ccc1=O. The Kier molecular flexibility index (Phi) is 5.59. The zero-order valence-electron chi connectivity index (χ0n) is 10.7. The van der Waals surface area contributed by atoms with Crippen molar-refractivity contribution in [2.24, 2.45) is 0 Å². The summed E-state index contributed by atoms with van der Waals surface area (Å²) >= 11 is 0. The molecule has 1 rings (SSSR count). The molecule has 1 heterocycles. The third-order valence-electron chi connectivity index (χ3n) is 2.40. The average molecular weight is 267 g/mol. The molecule has 0 aliphatic heterocycles. The first-order chi connectivity index (χ1) is 9.02. The maximum atomic E-state index is 11.5. The van der Waals surface area contributed by atoms with Gasteiger partial charge in [-0.05, 0) is 12.5 Å². The van der Waals surface area contributed by atoms with Gasteiger partial charge in [0.15, 0.2) is 0 Å². The van der Waals surface area contributed by atoms with Crippen LogP contribution in [0.15, 0.2) is 23.1 Å². The summed E-state index contributed by atoms with van der Waals surface area (Å²) in [6, 6.07) is 2.75. The number of esters is 1. The minimum absolute atomic E-state index is 0.108. The summed E-state index contributed by atoms with van der Waals surface area (Å²) < 4.78 is 6.09. The zero-order valence-corrected chi connectivity index (χ0v) is 10.7. The number of carbonyl (C=O) groups is 2. The Labute approximate surface area is 110 Å². The Balaban J connectivity index is 2.37. The van der Waals surface area contributed by atoms with Crippen LogP contribution in [0.25, 0.3) is 0 Å². The number of rotatable bonds is 6. The predicted molar refractivity (Wildman–Crippen MR) is 69.4 cm³/mol. The summed E-state index contributed by atoms with van der Waals surface area (Å²) in [5.74, 6) is -0.646. The predicted octanol–water partition coefficient (Wildman–Crippen LogP) is -0.500. The van der Waals surface area contributed by atoms with E-state index >= 15 is 0 Å². The molecule has 0 radical (unpaired) electrons. The summed E-state index contributed by atoms with van der Waals surface area (Å²) in [6.45, 7) is -0.0484. The highest BCUT2D eigenvalue weighted by Crippen LogP contribution is 1.97. The highest BCUT2D eigenvalue weighted by Gasteiger charge is 2.06. The van der Waals surface area contributed by atoms with Crippen molar-refractivity contribution in [3.8, 4) is 0 Å². The van der Waals surface area contributed by atoms with Gasteiger partial charge in [0.2, 0.25) is 5.91 Å². The lowest BCUT2D eigenvalue weighted by Gasteiger charge is -2.07. The van der Waals surface area contributed by atoms with E-state index in [0.29, 0.717) is 18.5 Å². The highest BCUT2D eigenvalue weighted by atomic mass is 16.5. The normalized spacial score (nSPS) is 9.95. The van der Waals surface area contributed by atoms with Gasteiger partial charge in [-0.3, -0.25) is 14.4 Å². The number of nitrogen functional groups attached to an aromatic ring is 1. The molecule has 0 bridgehead atoms. The number of anilines is 1. The number of aromatic nitrogens is 1. The molecule has 0 aromatic carbocycles. The van der Waals surface area contributed by atoms with Crippen molar-refractivity contribution in [1.29, 1.82) is 0 Å². The standard InChI is InChI=1S/C12H17N3O4/c1-14-10(16)3-2-6-19-12(18)8-15-7-9(13)4-5-11(15)17/h4-5,7H,2-3,6,8,13H2,1H3,(H,14,16). The first-order valence-corrected chi connectivity index (χ1v) is 5.85. The van der Waals surface area contributed by atoms with Crippen LogP contribution in [0.2, 0.25) is 0 Å². The van der Waals surface area contributed by atoms with Crippen LogP contribution in [0.5, 0.6) is 0 Å². The number of carbonyl (C=O) groups excluding carboxylic acids is 2. The molecule has 3 N–H and O–H groups in total. The molecule has 0 aliphatic rings. The van der Waals surface area contributed by atoms with Crippen LogP contribution in [0.1, 0.15) is 12.8 Å². The van der Waals surface area contributed by atoms with Crippen molar-refractivity contribution >= 4 is 17.6 Å². The van der Waals surface area contributed by atoms with Gasteiger partial charge in [0.1, 0.15) is 6.54 Å². The fraction of sp³-hybridized carbons (Fsp3) is 0.417. The second-order valence-electron chi connectivity index (χ2n) is 3.93. The van der Waals surface area contributed by atoms with Gasteiger partial charge in [-0.15, -0.1) is 0 Å². The van der Waals surface area contributed by atoms with Gasteiger partial charge in [-0.2, -0.15) is 0 Å². The van der Waals surface area contributed by atoms with E-state index in [1.807, 2.05) is 0 Å². The van der Waals surface area contributed by atoms with Crippen LogP contribution < -0.4 is 16.6 Å². The minimum atomic E-state index is -0.537. The highest BCUT2D eigenvalue weighted by molar-refractivity contribution is 5.75. The molecule has 7 heteroatoms. The Hall–Kier alpha value is -2.31. The van der Waals surface area contributed by atoms with Gasteiger partial charge >= 0.3 is 5.97 Å². The molecule has 0 saturated carbocycles. The third-order valence-corrected chi connectivity index (χ3v) is 2.40. The average Bonchev–Trinajstić information content (AvgIpc) is 2.38. The second-order valence-corrected chi connectivity index (χ2v) is 3.93. The van der Waals surface area contributed by atoms with Crippen LogP contribution in [0, 0.1) is 0 Å². The van der Waals surface area contributed by atoms with Crippen molar-refractivity contribution < 1.29 is 14.3 Å². The Morgan fingerprint density at radius 2 is 2.16 bits per heavy atom. The Morgan fingerprint density at radius 3 is 2.84 bits per heavy atom. The molecule has 1 aromatic rings. The zero-order chi connectivity index (χ0) is 14.3. The topological polar surface area (TPSA) is 103 Å². The number of nitrogens with zero attached hydrogens (tertiary/aromatic N) is 1. The van der Waals surface area contributed by atoms with E-state index in [1.165, 1.54) is 22.9 Å². The number of ether oxygens (including phenoxy) is 1. The van der Waals surface area contributed by atoms with Crippen molar-refractivity contribution in [2.75, 3.05) is 19.4 Å². The fourth-order valence-corrected chi connectivity index (χ4v) is 1.40. The number of nitrogens with one attached hydrogen (secondary N) is 1. The molecule has 0 atom stereocenters. The summed E-state index contributed by atoms with van der Waals surface area (Å²) in [5.41, 5.74) is 5.59. The molecular formula is C12H17N3O4. The quantitative estimate of drug-likeness (QED) is 0.534. The summed E-state index contributed by atoms with van der Waals surface area (Å²) in [6.07, 6.45) is 2.12. The van der Waals surface area contributed by atoms with E-state index < -0.39 is 5.97 Å². The van der Waals surface area contributed by atoms with Gasteiger partial charge in [0.25, 0.3) is 5.56 Å². The lowest BCUT2D eigenvalue weighted by molar-refractivity contribution is -0.144. The smallest absolute Gasteiger partial charge is 0.326 e. The lowest BCUT2D eigenvalue weighted by atomic mass is 10.3. The number of hydrogen-bond donors (Lipinski definition) is 2. The van der Waals surface area contributed by atoms with Gasteiger partial charge < -0.3 is 20.4 Å². The Bertz CT molecular complexity index is 510. The summed E-state index contributed by atoms with van der Waals surface area (Å²) in [4.78, 5) is 33.8. The molecular weight excluding hydrogens is 250 g/mol. The van der Waals surface area contributed by atoms with Crippen molar-refractivity contribution in [2.45, 2.75) is 19.4 Å². The molecule has 0 spiro atoms. The number of amides is 1. The van der Waals surface area contributed by atoms with Gasteiger partial charge in [-0.1, -0.05) is 0 Å². The molecule has 7 nitrogen and oxygen atoms in total. The van der Waals surface area contributed by atoms with E-state index in [1.54, 1.807) is 7.05 Å². The van der Waals surface area contributed by atoms with Crippen LogP contribution in [-0.4, -0.2) is 30.1 Å². The molecule has 0 fully saturated rings. The number of pyridine rings is 1. The third kappa shape index (κ3) is 5.24. The van der Waals surface area contributed by atoms with Gasteiger partial charge in [0.05, 0.1) is 6.61 Å². The lowest BCUT2D eigenvalue weighted by Crippen LogP contribution is -2.25. The minimum Gasteiger partial charge on any atom is -0.464 e. The van der Waals surface area contributed by atoms with E-state index in [9.17, 15) is 14.4 Å². The molecule has 1 amide bonds. The van der Waals surface area contributed by atoms with Crippen LogP contribution in [-0.2, 0) is 20.9 Å². The molecule has 0 unspecified atom stereocenters. The van der Waals surface area contributed by atoms with Crippen molar-refractivity contribution in [1.82, 2.24) is 9.88 Å². The number of nitrogens with two attached hydrogens (primary N) is 1. The van der Waals surface area contributed by atoms with Crippen molar-refractivity contribution in [3.05, 3.63) is 28.7 Å². The fourth-order valence-electron chi connectivity index (χ4n) is 1.40. The van der Waals surface area contributed by atoms with E-state index in [0.717, 1.165) is 0 Å². The molecule has 1 aromatic heterocycles. The molecule has 0 aliphatic carbocycles. The molecule has 19 heavy (non-hydrogen) atoms. The summed E-state index contributed by atoms with van der Waals surface area (Å²) in [7, 11) is 1.54. The molecule has 104 valence electrons. The van der Waals surface area contributed by atoms with Gasteiger partial charge in [-0.25, -0.2) is 0 Å². The Morgan fingerprint density at radius 1 is 1.42 bits per heavy atom. The second kappa shape index (κ2) is 7.20.